The van der Waals surface area contributed by atoms with Crippen molar-refractivity contribution in [1.29, 1.82) is 0 Å². The fourth-order valence-corrected chi connectivity index (χ4v) is 3.10. The van der Waals surface area contributed by atoms with E-state index in [2.05, 4.69) is 0 Å². The number of rotatable bonds is 3. The molecule has 1 aliphatic rings. The minimum Gasteiger partial charge on any atom is -0.425 e. The molecular formula is C19H18ClNO3. The molecule has 4 nitrogen and oxygen atoms in total. The molecule has 1 amide bonds. The highest BCUT2D eigenvalue weighted by Crippen LogP contribution is 2.30. The van der Waals surface area contributed by atoms with Crippen LogP contribution in [0.3, 0.4) is 0 Å². The first-order valence-electron chi connectivity index (χ1n) is 7.79. The fourth-order valence-electron chi connectivity index (χ4n) is 2.93. The Morgan fingerprint density at radius 2 is 1.96 bits per heavy atom. The molecule has 24 heavy (non-hydrogen) atoms. The molecule has 0 aliphatic carbocycles. The molecule has 0 radical (unpaired) electrons. The first kappa shape index (κ1) is 16.5. The van der Waals surface area contributed by atoms with Crippen LogP contribution in [0.4, 0.5) is 5.69 Å². The predicted octanol–water partition coefficient (Wildman–Crippen LogP) is 3.92. The van der Waals surface area contributed by atoms with Crippen molar-refractivity contribution in [3.63, 3.8) is 0 Å². The standard InChI is InChI=1S/C19H18ClNO3/c1-12-7-8-16(13(2)9-12)21-11-14(10-18(21)22)19(23)24-17-6-4-3-5-15(17)20/h3-9,14H,10-11H2,1-2H3/t14-/m1/s1. The summed E-state index contributed by atoms with van der Waals surface area (Å²) in [5.74, 6) is -0.664. The van der Waals surface area contributed by atoms with E-state index < -0.39 is 11.9 Å². The molecule has 0 bridgehead atoms. The van der Waals surface area contributed by atoms with Gasteiger partial charge in [-0.25, -0.2) is 0 Å². The van der Waals surface area contributed by atoms with Crippen molar-refractivity contribution in [2.75, 3.05) is 11.4 Å². The van der Waals surface area contributed by atoms with Crippen LogP contribution in [0.25, 0.3) is 0 Å². The fraction of sp³-hybridized carbons (Fsp3) is 0.263. The van der Waals surface area contributed by atoms with E-state index in [4.69, 9.17) is 16.3 Å². The normalized spacial score (nSPS) is 17.2. The van der Waals surface area contributed by atoms with E-state index in [1.54, 1.807) is 29.2 Å². The van der Waals surface area contributed by atoms with Crippen LogP contribution in [0, 0.1) is 19.8 Å². The first-order valence-corrected chi connectivity index (χ1v) is 8.17. The van der Waals surface area contributed by atoms with Gasteiger partial charge in [0.15, 0.2) is 0 Å². The van der Waals surface area contributed by atoms with Crippen LogP contribution in [-0.4, -0.2) is 18.4 Å². The highest BCUT2D eigenvalue weighted by Gasteiger charge is 2.37. The molecule has 1 atom stereocenters. The SMILES string of the molecule is Cc1ccc(N2C[C@H](C(=O)Oc3ccccc3Cl)CC2=O)c(C)c1. The topological polar surface area (TPSA) is 46.6 Å². The molecule has 3 rings (SSSR count). The third kappa shape index (κ3) is 3.29. The second-order valence-corrected chi connectivity index (χ2v) is 6.45. The summed E-state index contributed by atoms with van der Waals surface area (Å²) in [6.07, 6.45) is 0.149. The van der Waals surface area contributed by atoms with E-state index in [0.29, 0.717) is 17.3 Å². The van der Waals surface area contributed by atoms with Gasteiger partial charge >= 0.3 is 5.97 Å². The Morgan fingerprint density at radius 3 is 2.67 bits per heavy atom. The maximum absolute atomic E-state index is 12.4. The lowest BCUT2D eigenvalue weighted by Gasteiger charge is -2.19. The van der Waals surface area contributed by atoms with E-state index >= 15 is 0 Å². The Bertz CT molecular complexity index is 803. The zero-order chi connectivity index (χ0) is 17.3. The Balaban J connectivity index is 1.74. The largest absolute Gasteiger partial charge is 0.425 e. The average molecular weight is 344 g/mol. The number of carbonyl (C=O) groups excluding carboxylic acids is 2. The lowest BCUT2D eigenvalue weighted by molar-refractivity contribution is -0.139. The van der Waals surface area contributed by atoms with Gasteiger partial charge in [0.05, 0.1) is 10.9 Å². The van der Waals surface area contributed by atoms with Crippen LogP contribution in [0.1, 0.15) is 17.5 Å². The van der Waals surface area contributed by atoms with Crippen LogP contribution in [0.2, 0.25) is 5.02 Å². The van der Waals surface area contributed by atoms with Crippen LogP contribution >= 0.6 is 11.6 Å². The molecule has 2 aromatic rings. The highest BCUT2D eigenvalue weighted by molar-refractivity contribution is 6.32. The summed E-state index contributed by atoms with van der Waals surface area (Å²) in [5.41, 5.74) is 3.00. The minimum absolute atomic E-state index is 0.0666. The van der Waals surface area contributed by atoms with Gasteiger partial charge in [-0.1, -0.05) is 41.4 Å². The van der Waals surface area contributed by atoms with Crippen molar-refractivity contribution in [3.05, 3.63) is 58.6 Å². The monoisotopic (exact) mass is 343 g/mol. The number of hydrogen-bond acceptors (Lipinski definition) is 3. The number of carbonyl (C=O) groups is 2. The van der Waals surface area contributed by atoms with Crippen molar-refractivity contribution in [3.8, 4) is 5.75 Å². The molecule has 0 aromatic heterocycles. The first-order chi connectivity index (χ1) is 11.5. The smallest absolute Gasteiger partial charge is 0.316 e. The summed E-state index contributed by atoms with van der Waals surface area (Å²) in [7, 11) is 0. The number of aryl methyl sites for hydroxylation is 2. The Hall–Kier alpha value is -2.33. The van der Waals surface area contributed by atoms with Gasteiger partial charge in [0.1, 0.15) is 5.75 Å². The maximum Gasteiger partial charge on any atom is 0.316 e. The summed E-state index contributed by atoms with van der Waals surface area (Å²) in [5, 5.41) is 0.376. The van der Waals surface area contributed by atoms with Crippen molar-refractivity contribution >= 4 is 29.2 Å². The molecule has 0 N–H and O–H groups in total. The maximum atomic E-state index is 12.4. The van der Waals surface area contributed by atoms with Crippen LogP contribution < -0.4 is 9.64 Å². The molecule has 2 aromatic carbocycles. The van der Waals surface area contributed by atoms with Crippen LogP contribution in [-0.2, 0) is 9.59 Å². The van der Waals surface area contributed by atoms with Gasteiger partial charge < -0.3 is 9.64 Å². The van der Waals surface area contributed by atoms with E-state index in [1.807, 2.05) is 32.0 Å². The zero-order valence-electron chi connectivity index (χ0n) is 13.6. The van der Waals surface area contributed by atoms with E-state index in [9.17, 15) is 9.59 Å². The van der Waals surface area contributed by atoms with E-state index in [0.717, 1.165) is 16.8 Å². The van der Waals surface area contributed by atoms with Crippen molar-refractivity contribution in [2.45, 2.75) is 20.3 Å². The molecule has 5 heteroatoms. The molecule has 0 spiro atoms. The number of hydrogen-bond donors (Lipinski definition) is 0. The second-order valence-electron chi connectivity index (χ2n) is 6.05. The average Bonchev–Trinajstić information content (AvgIpc) is 2.91. The summed E-state index contributed by atoms with van der Waals surface area (Å²) in [6.45, 7) is 4.30. The minimum atomic E-state index is -0.491. The number of anilines is 1. The van der Waals surface area contributed by atoms with Crippen molar-refractivity contribution < 1.29 is 14.3 Å². The van der Waals surface area contributed by atoms with Crippen LogP contribution in [0.5, 0.6) is 5.75 Å². The predicted molar refractivity (Wildman–Crippen MR) is 93.5 cm³/mol. The highest BCUT2D eigenvalue weighted by atomic mass is 35.5. The van der Waals surface area contributed by atoms with Crippen molar-refractivity contribution in [2.24, 2.45) is 5.92 Å². The number of ether oxygens (including phenoxy) is 1. The van der Waals surface area contributed by atoms with Gasteiger partial charge in [0, 0.05) is 18.7 Å². The molecule has 1 aliphatic heterocycles. The van der Waals surface area contributed by atoms with E-state index in [1.165, 1.54) is 0 Å². The van der Waals surface area contributed by atoms with Gasteiger partial charge in [-0.2, -0.15) is 0 Å². The van der Waals surface area contributed by atoms with Gasteiger partial charge in [0.25, 0.3) is 0 Å². The summed E-state index contributed by atoms with van der Waals surface area (Å²) < 4.78 is 5.36. The molecule has 0 unspecified atom stereocenters. The molecule has 1 saturated heterocycles. The van der Waals surface area contributed by atoms with Crippen LogP contribution in [0.15, 0.2) is 42.5 Å². The lowest BCUT2D eigenvalue weighted by Crippen LogP contribution is -2.27. The number of halogens is 1. The molecule has 1 fully saturated rings. The lowest BCUT2D eigenvalue weighted by atomic mass is 10.1. The van der Waals surface area contributed by atoms with Gasteiger partial charge in [-0.05, 0) is 37.6 Å². The molecule has 1 heterocycles. The van der Waals surface area contributed by atoms with Gasteiger partial charge in [0.2, 0.25) is 5.91 Å². The number of para-hydroxylation sites is 1. The quantitative estimate of drug-likeness (QED) is 0.627. The third-order valence-corrected chi connectivity index (χ3v) is 4.46. The third-order valence-electron chi connectivity index (χ3n) is 4.15. The molecular weight excluding hydrogens is 326 g/mol. The molecule has 124 valence electrons. The summed E-state index contributed by atoms with van der Waals surface area (Å²) >= 11 is 6.01. The van der Waals surface area contributed by atoms with Crippen molar-refractivity contribution in [1.82, 2.24) is 0 Å². The van der Waals surface area contributed by atoms with Gasteiger partial charge in [-0.3, -0.25) is 9.59 Å². The Kier molecular flexibility index (Phi) is 4.58. The zero-order valence-corrected chi connectivity index (χ0v) is 14.3. The summed E-state index contributed by atoms with van der Waals surface area (Å²) in [4.78, 5) is 26.4. The van der Waals surface area contributed by atoms with Gasteiger partial charge in [-0.15, -0.1) is 0 Å². The number of benzene rings is 2. The Morgan fingerprint density at radius 1 is 1.21 bits per heavy atom. The molecule has 0 saturated carbocycles. The number of nitrogens with zero attached hydrogens (tertiary/aromatic N) is 1. The Labute approximate surface area is 146 Å². The number of amides is 1. The summed E-state index contributed by atoms with van der Waals surface area (Å²) in [6, 6.07) is 12.7. The number of esters is 1. The second kappa shape index (κ2) is 6.65. The van der Waals surface area contributed by atoms with E-state index in [-0.39, 0.29) is 12.3 Å².